The van der Waals surface area contributed by atoms with E-state index in [0.29, 0.717) is 5.92 Å². The van der Waals surface area contributed by atoms with Gasteiger partial charge in [-0.3, -0.25) is 0 Å². The van der Waals surface area contributed by atoms with Gasteiger partial charge in [0.25, 0.3) is 0 Å². The Morgan fingerprint density at radius 3 is 3.00 bits per heavy atom. The first-order valence-corrected chi connectivity index (χ1v) is 4.82. The Bertz CT molecular complexity index is 303. The van der Waals surface area contributed by atoms with Crippen LogP contribution in [0.5, 0.6) is 0 Å². The van der Waals surface area contributed by atoms with Crippen molar-refractivity contribution in [1.29, 1.82) is 0 Å². The third-order valence-corrected chi connectivity index (χ3v) is 2.91. The van der Waals surface area contributed by atoms with E-state index in [2.05, 4.69) is 21.7 Å². The second kappa shape index (κ2) is 3.10. The molecule has 2 heterocycles. The van der Waals surface area contributed by atoms with Crippen molar-refractivity contribution < 1.29 is 0 Å². The van der Waals surface area contributed by atoms with Gasteiger partial charge in [-0.05, 0) is 26.2 Å². The van der Waals surface area contributed by atoms with Crippen molar-refractivity contribution in [3.8, 4) is 0 Å². The fourth-order valence-electron chi connectivity index (χ4n) is 1.92. The van der Waals surface area contributed by atoms with Crippen LogP contribution in [0.3, 0.4) is 0 Å². The van der Waals surface area contributed by atoms with Crippen molar-refractivity contribution in [2.75, 3.05) is 0 Å². The van der Waals surface area contributed by atoms with E-state index in [9.17, 15) is 0 Å². The summed E-state index contributed by atoms with van der Waals surface area (Å²) in [7, 11) is 0. The minimum atomic E-state index is 0.273. The van der Waals surface area contributed by atoms with Gasteiger partial charge >= 0.3 is 0 Å². The number of hydrogen-bond acceptors (Lipinski definition) is 3. The molecule has 72 valence electrons. The molecule has 0 fully saturated rings. The van der Waals surface area contributed by atoms with Gasteiger partial charge in [0, 0.05) is 19.0 Å². The molecule has 0 aromatic carbocycles. The molecule has 0 saturated carbocycles. The molecule has 0 bridgehead atoms. The monoisotopic (exact) mass is 180 g/mol. The van der Waals surface area contributed by atoms with Crippen LogP contribution >= 0.6 is 0 Å². The quantitative estimate of drug-likeness (QED) is 0.684. The normalized spacial score (nSPS) is 24.1. The average molecular weight is 180 g/mol. The Kier molecular flexibility index (Phi) is 2.07. The van der Waals surface area contributed by atoms with Crippen LogP contribution in [0.1, 0.15) is 25.0 Å². The molecular weight excluding hydrogens is 164 g/mol. The molecule has 0 radical (unpaired) electrons. The Morgan fingerprint density at radius 2 is 2.31 bits per heavy atom. The third kappa shape index (κ3) is 1.46. The molecule has 13 heavy (non-hydrogen) atoms. The van der Waals surface area contributed by atoms with Crippen molar-refractivity contribution in [3.05, 3.63) is 11.6 Å². The summed E-state index contributed by atoms with van der Waals surface area (Å²) in [6, 6.07) is 0.273. The summed E-state index contributed by atoms with van der Waals surface area (Å²) < 4.78 is 2.19. The fraction of sp³-hybridized carbons (Fsp3) is 0.778. The van der Waals surface area contributed by atoms with Crippen LogP contribution in [0, 0.1) is 12.8 Å². The molecule has 1 aliphatic rings. The lowest BCUT2D eigenvalue weighted by atomic mass is 9.93. The van der Waals surface area contributed by atoms with Crippen molar-refractivity contribution in [1.82, 2.24) is 14.8 Å². The fourth-order valence-corrected chi connectivity index (χ4v) is 1.92. The van der Waals surface area contributed by atoms with Crippen LogP contribution in [-0.4, -0.2) is 20.8 Å². The molecule has 1 aliphatic heterocycles. The van der Waals surface area contributed by atoms with Gasteiger partial charge in [0.2, 0.25) is 0 Å². The lowest BCUT2D eigenvalue weighted by Crippen LogP contribution is -2.34. The number of aromatic nitrogens is 3. The van der Waals surface area contributed by atoms with E-state index in [1.54, 1.807) is 0 Å². The summed E-state index contributed by atoms with van der Waals surface area (Å²) >= 11 is 0. The van der Waals surface area contributed by atoms with Gasteiger partial charge in [-0.25, -0.2) is 0 Å². The molecule has 0 saturated heterocycles. The molecule has 4 heteroatoms. The highest BCUT2D eigenvalue weighted by Gasteiger charge is 2.23. The minimum Gasteiger partial charge on any atom is -0.328 e. The summed E-state index contributed by atoms with van der Waals surface area (Å²) in [5.74, 6) is 2.72. The van der Waals surface area contributed by atoms with E-state index in [4.69, 9.17) is 5.73 Å². The lowest BCUT2D eigenvalue weighted by molar-refractivity contribution is 0.318. The first-order chi connectivity index (χ1) is 6.18. The van der Waals surface area contributed by atoms with E-state index in [0.717, 1.165) is 31.0 Å². The van der Waals surface area contributed by atoms with Gasteiger partial charge in [-0.1, -0.05) is 0 Å². The van der Waals surface area contributed by atoms with E-state index in [1.165, 1.54) is 0 Å². The molecule has 1 aromatic heterocycles. The zero-order chi connectivity index (χ0) is 9.42. The number of rotatable bonds is 1. The van der Waals surface area contributed by atoms with Crippen LogP contribution in [0.4, 0.5) is 0 Å². The minimum absolute atomic E-state index is 0.273. The summed E-state index contributed by atoms with van der Waals surface area (Å²) in [5, 5.41) is 8.19. The zero-order valence-electron chi connectivity index (χ0n) is 8.20. The molecular formula is C9H16N4. The molecule has 2 N–H and O–H groups in total. The van der Waals surface area contributed by atoms with Crippen molar-refractivity contribution in [2.24, 2.45) is 11.7 Å². The van der Waals surface area contributed by atoms with E-state index < -0.39 is 0 Å². The van der Waals surface area contributed by atoms with Crippen LogP contribution in [0.25, 0.3) is 0 Å². The summed E-state index contributed by atoms with van der Waals surface area (Å²) in [4.78, 5) is 0. The van der Waals surface area contributed by atoms with Crippen molar-refractivity contribution >= 4 is 0 Å². The van der Waals surface area contributed by atoms with Crippen LogP contribution < -0.4 is 5.73 Å². The highest BCUT2D eigenvalue weighted by atomic mass is 15.3. The number of fused-ring (bicyclic) bond motifs is 1. The second-order valence-corrected chi connectivity index (χ2v) is 3.93. The predicted molar refractivity (Wildman–Crippen MR) is 50.2 cm³/mol. The highest BCUT2D eigenvalue weighted by molar-refractivity contribution is 4.99. The predicted octanol–water partition coefficient (Wildman–Crippen LogP) is 0.496. The molecule has 1 aromatic rings. The van der Waals surface area contributed by atoms with Crippen LogP contribution in [-0.2, 0) is 13.0 Å². The molecule has 2 atom stereocenters. The van der Waals surface area contributed by atoms with Gasteiger partial charge in [0.05, 0.1) is 0 Å². The van der Waals surface area contributed by atoms with Crippen LogP contribution in [0.2, 0.25) is 0 Å². The maximum Gasteiger partial charge on any atom is 0.133 e. The number of hydrogen-bond donors (Lipinski definition) is 1. The van der Waals surface area contributed by atoms with Gasteiger partial charge in [-0.15, -0.1) is 10.2 Å². The molecule has 2 unspecified atom stereocenters. The van der Waals surface area contributed by atoms with Gasteiger partial charge in [-0.2, -0.15) is 0 Å². The van der Waals surface area contributed by atoms with Gasteiger partial charge in [0.1, 0.15) is 11.6 Å². The molecule has 2 rings (SSSR count). The Morgan fingerprint density at radius 1 is 1.54 bits per heavy atom. The summed E-state index contributed by atoms with van der Waals surface area (Å²) in [6.07, 6.45) is 2.17. The number of aryl methyl sites for hydroxylation is 2. The smallest absolute Gasteiger partial charge is 0.133 e. The van der Waals surface area contributed by atoms with Crippen molar-refractivity contribution in [2.45, 2.75) is 39.3 Å². The molecule has 0 amide bonds. The van der Waals surface area contributed by atoms with E-state index in [1.807, 2.05) is 6.92 Å². The third-order valence-electron chi connectivity index (χ3n) is 2.91. The Labute approximate surface area is 78.1 Å². The Hall–Kier alpha value is -0.900. The highest BCUT2D eigenvalue weighted by Crippen LogP contribution is 2.21. The number of nitrogens with zero attached hydrogens (tertiary/aromatic N) is 3. The average Bonchev–Trinajstić information content (AvgIpc) is 2.47. The largest absolute Gasteiger partial charge is 0.328 e. The van der Waals surface area contributed by atoms with Crippen molar-refractivity contribution in [3.63, 3.8) is 0 Å². The number of nitrogens with two attached hydrogens (primary N) is 1. The van der Waals surface area contributed by atoms with E-state index in [-0.39, 0.29) is 6.04 Å². The first kappa shape index (κ1) is 8.69. The lowest BCUT2D eigenvalue weighted by Gasteiger charge is -2.26. The maximum absolute atomic E-state index is 5.89. The van der Waals surface area contributed by atoms with Gasteiger partial charge < -0.3 is 10.3 Å². The maximum atomic E-state index is 5.89. The molecule has 0 spiro atoms. The van der Waals surface area contributed by atoms with Crippen LogP contribution in [0.15, 0.2) is 0 Å². The molecule has 4 nitrogen and oxygen atoms in total. The zero-order valence-corrected chi connectivity index (χ0v) is 8.20. The van der Waals surface area contributed by atoms with E-state index >= 15 is 0 Å². The molecule has 0 aliphatic carbocycles. The topological polar surface area (TPSA) is 56.7 Å². The van der Waals surface area contributed by atoms with Gasteiger partial charge in [0.15, 0.2) is 0 Å². The summed E-state index contributed by atoms with van der Waals surface area (Å²) in [6.45, 7) is 5.07. The SMILES string of the molecule is Cc1nnc2n1CC(C(C)N)CC2. The summed E-state index contributed by atoms with van der Waals surface area (Å²) in [5.41, 5.74) is 5.89. The first-order valence-electron chi connectivity index (χ1n) is 4.82. The standard InChI is InChI=1S/C9H16N4/c1-6(10)8-3-4-9-12-11-7(2)13(9)5-8/h6,8H,3-5,10H2,1-2H3. The second-order valence-electron chi connectivity index (χ2n) is 3.93. The Balaban J connectivity index is 2.22.